The Labute approximate surface area is 171 Å². The summed E-state index contributed by atoms with van der Waals surface area (Å²) >= 11 is 0. The lowest BCUT2D eigenvalue weighted by Gasteiger charge is -2.33. The number of fused-ring (bicyclic) bond motifs is 1. The topological polar surface area (TPSA) is 103 Å². The van der Waals surface area contributed by atoms with Gasteiger partial charge in [0.25, 0.3) is 0 Å². The van der Waals surface area contributed by atoms with Gasteiger partial charge in [-0.2, -0.15) is 9.57 Å². The maximum atomic E-state index is 14.7. The number of rotatable bonds is 4. The maximum Gasteiger partial charge on any atom is 0.241 e. The Morgan fingerprint density at radius 3 is 2.67 bits per heavy atom. The molecule has 1 N–H and O–H groups in total. The van der Waals surface area contributed by atoms with Gasteiger partial charge in [-0.05, 0) is 25.7 Å². The lowest BCUT2D eigenvalue weighted by Crippen LogP contribution is -2.49. The summed E-state index contributed by atoms with van der Waals surface area (Å²) in [6.45, 7) is -0.123. The molecule has 0 amide bonds. The Morgan fingerprint density at radius 2 is 2.07 bits per heavy atom. The van der Waals surface area contributed by atoms with E-state index in [1.165, 1.54) is 10.7 Å². The largest absolute Gasteiger partial charge is 0.347 e. The van der Waals surface area contributed by atoms with Crippen molar-refractivity contribution in [2.24, 2.45) is 0 Å². The Hall–Kier alpha value is -2.39. The number of aromatic nitrogens is 3. The summed E-state index contributed by atoms with van der Waals surface area (Å²) in [6.07, 6.45) is 0.947. The Morgan fingerprint density at radius 1 is 1.30 bits per heavy atom. The van der Waals surface area contributed by atoms with E-state index in [1.807, 2.05) is 6.07 Å². The minimum atomic E-state index is -3.48. The van der Waals surface area contributed by atoms with Crippen molar-refractivity contribution in [3.8, 4) is 6.07 Å². The van der Waals surface area contributed by atoms with E-state index in [-0.39, 0.29) is 48.9 Å². The van der Waals surface area contributed by atoms with Crippen LogP contribution >= 0.6 is 0 Å². The van der Waals surface area contributed by atoms with Crippen molar-refractivity contribution in [1.29, 1.82) is 5.26 Å². The summed E-state index contributed by atoms with van der Waals surface area (Å²) in [7, 11) is -3.48. The molecule has 4 rings (SSSR count). The van der Waals surface area contributed by atoms with Crippen LogP contribution in [0.25, 0.3) is 5.52 Å². The van der Waals surface area contributed by atoms with Crippen LogP contribution in [0.4, 0.5) is 19.1 Å². The van der Waals surface area contributed by atoms with Gasteiger partial charge in [0.15, 0.2) is 5.82 Å². The van der Waals surface area contributed by atoms with Crippen LogP contribution < -0.4 is 5.32 Å². The molecule has 2 aliphatic rings. The van der Waals surface area contributed by atoms with E-state index < -0.39 is 34.2 Å². The third kappa shape index (κ3) is 3.72. The number of nitrogens with zero attached hydrogens (tertiary/aromatic N) is 5. The van der Waals surface area contributed by atoms with Crippen molar-refractivity contribution in [3.63, 3.8) is 0 Å². The van der Waals surface area contributed by atoms with Crippen molar-refractivity contribution in [1.82, 2.24) is 18.9 Å². The molecule has 4 atom stereocenters. The highest BCUT2D eigenvalue weighted by molar-refractivity contribution is 7.88. The van der Waals surface area contributed by atoms with Crippen LogP contribution in [0.1, 0.15) is 42.9 Å². The zero-order valence-electron chi connectivity index (χ0n) is 16.2. The zero-order valence-corrected chi connectivity index (χ0v) is 17.0. The van der Waals surface area contributed by atoms with E-state index in [2.05, 4.69) is 15.4 Å². The molecule has 3 heterocycles. The predicted octanol–water partition coefficient (Wildman–Crippen LogP) is 2.13. The fraction of sp³-hybridized carbons (Fsp3) is 0.611. The average Bonchev–Trinajstić information content (AvgIpc) is 3.23. The smallest absolute Gasteiger partial charge is 0.241 e. The molecular weight excluding hydrogens is 421 g/mol. The molecular formula is C18H21F3N6O2S. The quantitative estimate of drug-likeness (QED) is 0.778. The van der Waals surface area contributed by atoms with E-state index in [0.29, 0.717) is 18.5 Å². The van der Waals surface area contributed by atoms with Gasteiger partial charge < -0.3 is 5.32 Å². The first-order valence-electron chi connectivity index (χ1n) is 9.66. The van der Waals surface area contributed by atoms with E-state index in [4.69, 9.17) is 0 Å². The minimum absolute atomic E-state index is 0.00176. The second-order valence-corrected chi connectivity index (χ2v) is 9.83. The second-order valence-electron chi connectivity index (χ2n) is 7.85. The zero-order chi connectivity index (χ0) is 21.6. The molecule has 0 radical (unpaired) electrons. The summed E-state index contributed by atoms with van der Waals surface area (Å²) in [4.78, 5) is 4.03. The van der Waals surface area contributed by atoms with Crippen LogP contribution in [0.3, 0.4) is 0 Å². The van der Waals surface area contributed by atoms with Gasteiger partial charge in [-0.25, -0.2) is 31.1 Å². The summed E-state index contributed by atoms with van der Waals surface area (Å²) in [5.41, 5.74) is 0.128. The Bertz CT molecular complexity index is 1120. The highest BCUT2D eigenvalue weighted by Crippen LogP contribution is 2.39. The molecule has 0 aromatic carbocycles. The normalized spacial score (nSPS) is 28.0. The fourth-order valence-electron chi connectivity index (χ4n) is 4.26. The lowest BCUT2D eigenvalue weighted by molar-refractivity contribution is 0.186. The third-order valence-electron chi connectivity index (χ3n) is 5.82. The standard InChI is InChI=1S/C18H21F3N6O2S/c1-30(28,29)26-5-4-14(13(20)9-26)24-18-23-8-15-16(21)12(7-22)17(27(15)25-18)10-2-3-11(19)6-10/h8,10-11,13-14H,2-6,9H2,1H3,(H,24,25)/t10-,11-,13+,14+/m0/s1. The first-order valence-corrected chi connectivity index (χ1v) is 11.5. The SMILES string of the molecule is CS(=O)(=O)N1CC[C@@H](Nc2ncc3c(F)c(C#N)c([C@H]4CC[C@H](F)C4)n3n2)[C@H](F)C1. The van der Waals surface area contributed by atoms with Gasteiger partial charge in [-0.1, -0.05) is 0 Å². The fourth-order valence-corrected chi connectivity index (χ4v) is 5.11. The number of anilines is 1. The number of nitriles is 1. The molecule has 2 aromatic rings. The van der Waals surface area contributed by atoms with Crippen LogP contribution in [0, 0.1) is 17.1 Å². The van der Waals surface area contributed by atoms with E-state index in [9.17, 15) is 26.9 Å². The van der Waals surface area contributed by atoms with E-state index in [1.54, 1.807) is 0 Å². The highest BCUT2D eigenvalue weighted by Gasteiger charge is 2.35. The van der Waals surface area contributed by atoms with Crippen molar-refractivity contribution in [2.75, 3.05) is 24.7 Å². The summed E-state index contributed by atoms with van der Waals surface area (Å²) in [5.74, 6) is -1.08. The Kier molecular flexibility index (Phi) is 5.36. The molecule has 2 aromatic heterocycles. The molecule has 2 fully saturated rings. The number of piperidine rings is 1. The molecule has 30 heavy (non-hydrogen) atoms. The van der Waals surface area contributed by atoms with Crippen LogP contribution in [0.2, 0.25) is 0 Å². The summed E-state index contributed by atoms with van der Waals surface area (Å²) < 4.78 is 68.5. The van der Waals surface area contributed by atoms with Gasteiger partial charge >= 0.3 is 0 Å². The third-order valence-corrected chi connectivity index (χ3v) is 7.09. The highest BCUT2D eigenvalue weighted by atomic mass is 32.2. The number of hydrogen-bond acceptors (Lipinski definition) is 6. The van der Waals surface area contributed by atoms with Crippen molar-refractivity contribution in [3.05, 3.63) is 23.3 Å². The van der Waals surface area contributed by atoms with Gasteiger partial charge in [-0.15, -0.1) is 5.10 Å². The minimum Gasteiger partial charge on any atom is -0.347 e. The van der Waals surface area contributed by atoms with Gasteiger partial charge in [0.05, 0.1) is 24.2 Å². The van der Waals surface area contributed by atoms with Crippen molar-refractivity contribution >= 4 is 21.5 Å². The van der Waals surface area contributed by atoms with E-state index >= 15 is 0 Å². The number of alkyl halides is 2. The summed E-state index contributed by atoms with van der Waals surface area (Å²) in [5, 5.41) is 16.5. The number of sulfonamides is 1. The van der Waals surface area contributed by atoms with Gasteiger partial charge in [0.2, 0.25) is 16.0 Å². The average molecular weight is 442 g/mol. The van der Waals surface area contributed by atoms with Crippen molar-refractivity contribution in [2.45, 2.75) is 50.0 Å². The van der Waals surface area contributed by atoms with Crippen molar-refractivity contribution < 1.29 is 21.6 Å². The molecule has 12 heteroatoms. The van der Waals surface area contributed by atoms with Gasteiger partial charge in [-0.3, -0.25) is 0 Å². The van der Waals surface area contributed by atoms with Crippen LogP contribution in [0.15, 0.2) is 6.20 Å². The maximum absolute atomic E-state index is 14.7. The lowest BCUT2D eigenvalue weighted by atomic mass is 10.0. The molecule has 1 aliphatic heterocycles. The second kappa shape index (κ2) is 7.70. The first kappa shape index (κ1) is 20.9. The Balaban J connectivity index is 1.63. The first-order chi connectivity index (χ1) is 14.2. The molecule has 1 aliphatic carbocycles. The molecule has 0 spiro atoms. The molecule has 0 unspecified atom stereocenters. The van der Waals surface area contributed by atoms with E-state index in [0.717, 1.165) is 10.6 Å². The number of nitrogens with one attached hydrogen (secondary N) is 1. The summed E-state index contributed by atoms with van der Waals surface area (Å²) in [6, 6.07) is 1.12. The van der Waals surface area contributed by atoms with Crippen LogP contribution in [-0.2, 0) is 10.0 Å². The molecule has 162 valence electrons. The molecule has 1 saturated heterocycles. The van der Waals surface area contributed by atoms with Crippen LogP contribution in [-0.4, -0.2) is 65.1 Å². The molecule has 0 bridgehead atoms. The monoisotopic (exact) mass is 442 g/mol. The number of halogens is 3. The molecule has 1 saturated carbocycles. The van der Waals surface area contributed by atoms with Crippen LogP contribution in [0.5, 0.6) is 0 Å². The van der Waals surface area contributed by atoms with Gasteiger partial charge in [0, 0.05) is 19.0 Å². The predicted molar refractivity (Wildman–Crippen MR) is 102 cm³/mol. The molecule has 8 nitrogen and oxygen atoms in total. The number of hydrogen-bond donors (Lipinski definition) is 1. The van der Waals surface area contributed by atoms with Gasteiger partial charge in [0.1, 0.15) is 29.5 Å².